The van der Waals surface area contributed by atoms with Crippen molar-refractivity contribution in [3.05, 3.63) is 30.1 Å². The van der Waals surface area contributed by atoms with Crippen molar-refractivity contribution in [1.29, 1.82) is 0 Å². The highest BCUT2D eigenvalue weighted by atomic mass is 16.6. The second-order valence-electron chi connectivity index (χ2n) is 6.61. The second-order valence-corrected chi connectivity index (χ2v) is 6.61. The Bertz CT molecular complexity index is 576. The molecule has 0 radical (unpaired) electrons. The summed E-state index contributed by atoms with van der Waals surface area (Å²) in [5.41, 5.74) is 0.463. The molecule has 1 aromatic rings. The summed E-state index contributed by atoms with van der Waals surface area (Å²) in [5, 5.41) is 0. The summed E-state index contributed by atoms with van der Waals surface area (Å²) < 4.78 is 5.35. The minimum atomic E-state index is -0.262. The van der Waals surface area contributed by atoms with Crippen molar-refractivity contribution in [3.8, 4) is 0 Å². The fraction of sp³-hybridized carbons (Fsp3) is 0.588. The summed E-state index contributed by atoms with van der Waals surface area (Å²) in [6, 6.07) is 5.39. The van der Waals surface area contributed by atoms with E-state index in [4.69, 9.17) is 4.74 Å². The monoisotopic (exact) mass is 317 g/mol. The molecule has 0 N–H and O–H groups in total. The van der Waals surface area contributed by atoms with E-state index in [0.717, 1.165) is 12.8 Å². The Kier molecular flexibility index (Phi) is 4.50. The zero-order valence-electron chi connectivity index (χ0n) is 13.6. The first-order valence-corrected chi connectivity index (χ1v) is 8.22. The van der Waals surface area contributed by atoms with Gasteiger partial charge in [0, 0.05) is 25.8 Å². The topological polar surface area (TPSA) is 62.7 Å². The minimum absolute atomic E-state index is 0.0349. The van der Waals surface area contributed by atoms with Crippen LogP contribution in [0.15, 0.2) is 24.4 Å². The molecule has 23 heavy (non-hydrogen) atoms. The molecule has 0 spiro atoms. The van der Waals surface area contributed by atoms with Crippen molar-refractivity contribution in [2.75, 3.05) is 19.6 Å². The number of hydrogen-bond acceptors (Lipinski definition) is 4. The second kappa shape index (κ2) is 6.56. The Morgan fingerprint density at radius 2 is 2.04 bits per heavy atom. The van der Waals surface area contributed by atoms with Crippen LogP contribution < -0.4 is 0 Å². The van der Waals surface area contributed by atoms with Crippen LogP contribution in [-0.2, 0) is 4.74 Å². The molecule has 124 valence electrons. The lowest BCUT2D eigenvalue weighted by Crippen LogP contribution is -2.48. The van der Waals surface area contributed by atoms with Crippen LogP contribution in [-0.4, -0.2) is 58.6 Å². The number of nitrogens with zero attached hydrogens (tertiary/aromatic N) is 3. The third-order valence-electron chi connectivity index (χ3n) is 4.46. The van der Waals surface area contributed by atoms with Gasteiger partial charge in [-0.15, -0.1) is 0 Å². The lowest BCUT2D eigenvalue weighted by Gasteiger charge is -2.35. The maximum Gasteiger partial charge on any atom is 0.410 e. The van der Waals surface area contributed by atoms with E-state index in [0.29, 0.717) is 31.2 Å². The lowest BCUT2D eigenvalue weighted by molar-refractivity contribution is 0.0479. The Balaban J connectivity index is 1.74. The number of aromatic nitrogens is 1. The molecule has 1 aromatic heterocycles. The van der Waals surface area contributed by atoms with Crippen molar-refractivity contribution in [2.45, 2.75) is 38.8 Å². The van der Waals surface area contributed by atoms with E-state index >= 15 is 0 Å². The molecule has 0 saturated carbocycles. The number of pyridine rings is 1. The summed E-state index contributed by atoms with van der Waals surface area (Å²) in [4.78, 5) is 32.7. The van der Waals surface area contributed by atoms with E-state index in [-0.39, 0.29) is 24.1 Å². The average molecular weight is 317 g/mol. The molecule has 0 unspecified atom stereocenters. The number of hydrogen-bond donors (Lipinski definition) is 0. The fourth-order valence-electron chi connectivity index (χ4n) is 3.39. The number of ether oxygens (including phenoxy) is 1. The van der Waals surface area contributed by atoms with Gasteiger partial charge in [0.25, 0.3) is 5.91 Å². The smallest absolute Gasteiger partial charge is 0.410 e. The van der Waals surface area contributed by atoms with Crippen LogP contribution in [0, 0.1) is 5.92 Å². The van der Waals surface area contributed by atoms with E-state index in [9.17, 15) is 9.59 Å². The number of amides is 2. The van der Waals surface area contributed by atoms with Gasteiger partial charge in [-0.25, -0.2) is 4.79 Å². The summed E-state index contributed by atoms with van der Waals surface area (Å²) >= 11 is 0. The molecule has 3 aliphatic rings. The largest absolute Gasteiger partial charge is 0.447 e. The van der Waals surface area contributed by atoms with E-state index < -0.39 is 0 Å². The van der Waals surface area contributed by atoms with E-state index in [1.807, 2.05) is 24.8 Å². The van der Waals surface area contributed by atoms with Gasteiger partial charge in [0.1, 0.15) is 5.69 Å². The molecule has 4 rings (SSSR count). The maximum atomic E-state index is 12.7. The van der Waals surface area contributed by atoms with Gasteiger partial charge in [0.15, 0.2) is 0 Å². The Hall–Kier alpha value is -2.11. The van der Waals surface area contributed by atoms with Crippen LogP contribution in [0.4, 0.5) is 4.79 Å². The van der Waals surface area contributed by atoms with Gasteiger partial charge >= 0.3 is 6.09 Å². The molecule has 4 heterocycles. The molecule has 0 aromatic carbocycles. The molecule has 2 amide bonds. The van der Waals surface area contributed by atoms with Gasteiger partial charge in [-0.05, 0) is 44.7 Å². The summed E-state index contributed by atoms with van der Waals surface area (Å²) in [5.74, 6) is 0.253. The number of rotatable bonds is 2. The van der Waals surface area contributed by atoms with Crippen molar-refractivity contribution >= 4 is 12.0 Å². The van der Waals surface area contributed by atoms with Gasteiger partial charge in [0.05, 0.1) is 12.1 Å². The molecule has 3 fully saturated rings. The molecular formula is C17H23N3O3. The zero-order valence-corrected chi connectivity index (χ0v) is 13.6. The maximum absolute atomic E-state index is 12.7. The minimum Gasteiger partial charge on any atom is -0.447 e. The molecule has 3 aliphatic heterocycles. The SMILES string of the molecule is CC(C)OC(=O)N1C[C@@H]2CC[C@H]1CN(C(=O)c1ccccn1)C2. The lowest BCUT2D eigenvalue weighted by atomic mass is 9.95. The van der Waals surface area contributed by atoms with Gasteiger partial charge in [0.2, 0.25) is 0 Å². The predicted molar refractivity (Wildman–Crippen MR) is 85.0 cm³/mol. The fourth-order valence-corrected chi connectivity index (χ4v) is 3.39. The van der Waals surface area contributed by atoms with Crippen LogP contribution >= 0.6 is 0 Å². The quantitative estimate of drug-likeness (QED) is 0.838. The molecule has 2 atom stereocenters. The third kappa shape index (κ3) is 3.46. The number of carbonyl (C=O) groups excluding carboxylic acids is 2. The third-order valence-corrected chi connectivity index (χ3v) is 4.46. The average Bonchev–Trinajstić information content (AvgIpc) is 2.86. The summed E-state index contributed by atoms with van der Waals surface area (Å²) in [6.45, 7) is 5.61. The van der Waals surface area contributed by atoms with Crippen LogP contribution in [0.3, 0.4) is 0 Å². The molecule has 6 nitrogen and oxygen atoms in total. The van der Waals surface area contributed by atoms with Crippen molar-refractivity contribution in [1.82, 2.24) is 14.8 Å². The Labute approximate surface area is 136 Å². The van der Waals surface area contributed by atoms with Crippen LogP contribution in [0.2, 0.25) is 0 Å². The highest BCUT2D eigenvalue weighted by molar-refractivity contribution is 5.92. The molecule has 0 aliphatic carbocycles. The number of carbonyl (C=O) groups is 2. The van der Waals surface area contributed by atoms with Crippen LogP contribution in [0.1, 0.15) is 37.2 Å². The van der Waals surface area contributed by atoms with Gasteiger partial charge in [-0.2, -0.15) is 0 Å². The zero-order chi connectivity index (χ0) is 16.4. The van der Waals surface area contributed by atoms with Gasteiger partial charge in [-0.1, -0.05) is 6.07 Å². The predicted octanol–water partition coefficient (Wildman–Crippen LogP) is 2.16. The van der Waals surface area contributed by atoms with Crippen LogP contribution in [0.25, 0.3) is 0 Å². The van der Waals surface area contributed by atoms with Gasteiger partial charge in [-0.3, -0.25) is 9.78 Å². The first-order chi connectivity index (χ1) is 11.0. The van der Waals surface area contributed by atoms with E-state index in [1.165, 1.54) is 0 Å². The normalized spacial score (nSPS) is 23.8. The standard InChI is InChI=1S/C17H23N3O3/c1-12(2)23-17(22)20-10-13-6-7-14(20)11-19(9-13)16(21)15-5-3-4-8-18-15/h3-5,8,12-14H,6-7,9-11H2,1-2H3/t13-,14+/m1/s1. The molecular weight excluding hydrogens is 294 g/mol. The Morgan fingerprint density at radius 3 is 2.74 bits per heavy atom. The summed E-state index contributed by atoms with van der Waals surface area (Å²) in [6.07, 6.45) is 3.20. The van der Waals surface area contributed by atoms with Crippen molar-refractivity contribution < 1.29 is 14.3 Å². The van der Waals surface area contributed by atoms with Crippen LogP contribution in [0.5, 0.6) is 0 Å². The van der Waals surface area contributed by atoms with E-state index in [1.54, 1.807) is 23.2 Å². The summed E-state index contributed by atoms with van der Waals surface area (Å²) in [7, 11) is 0. The molecule has 2 bridgehead atoms. The first kappa shape index (κ1) is 15.8. The van der Waals surface area contributed by atoms with Crippen molar-refractivity contribution in [3.63, 3.8) is 0 Å². The van der Waals surface area contributed by atoms with Gasteiger partial charge < -0.3 is 14.5 Å². The molecule has 3 saturated heterocycles. The Morgan fingerprint density at radius 1 is 1.22 bits per heavy atom. The van der Waals surface area contributed by atoms with E-state index in [2.05, 4.69) is 4.98 Å². The first-order valence-electron chi connectivity index (χ1n) is 8.22. The van der Waals surface area contributed by atoms with Crippen molar-refractivity contribution in [2.24, 2.45) is 5.92 Å². The highest BCUT2D eigenvalue weighted by Crippen LogP contribution is 2.29. The number of fused-ring (bicyclic) bond motifs is 4. The highest BCUT2D eigenvalue weighted by Gasteiger charge is 2.39. The number of piperidine rings is 1. The molecule has 6 heteroatoms.